The van der Waals surface area contributed by atoms with Crippen molar-refractivity contribution in [3.05, 3.63) is 24.0 Å². The average Bonchev–Trinajstić information content (AvgIpc) is 2.29. The van der Waals surface area contributed by atoms with Crippen molar-refractivity contribution in [2.45, 2.75) is 26.3 Å². The fourth-order valence-corrected chi connectivity index (χ4v) is 1.01. The largest absolute Gasteiger partial charge is 0.348 e. The first-order chi connectivity index (χ1) is 7.17. The Morgan fingerprint density at radius 2 is 2.33 bits per heavy atom. The van der Waals surface area contributed by atoms with Gasteiger partial charge < -0.3 is 10.7 Å². The normalized spacial score (nSPS) is 11.9. The van der Waals surface area contributed by atoms with Gasteiger partial charge in [-0.05, 0) is 25.5 Å². The number of carbonyl (C=O) groups is 1. The molecule has 0 spiro atoms. The lowest BCUT2D eigenvalue weighted by Crippen LogP contribution is -2.32. The van der Waals surface area contributed by atoms with E-state index in [9.17, 15) is 4.79 Å². The van der Waals surface area contributed by atoms with Crippen LogP contribution in [0.4, 0.5) is 5.69 Å². The lowest BCUT2D eigenvalue weighted by Gasteiger charge is -2.10. The van der Waals surface area contributed by atoms with Crippen LogP contribution >= 0.6 is 0 Å². The number of rotatable bonds is 4. The third-order valence-electron chi connectivity index (χ3n) is 2.15. The molecule has 1 aromatic heterocycles. The molecular formula is C10H16N4O. The number of amides is 1. The van der Waals surface area contributed by atoms with Crippen LogP contribution in [0.2, 0.25) is 0 Å². The van der Waals surface area contributed by atoms with Gasteiger partial charge in [0.05, 0.1) is 11.9 Å². The van der Waals surface area contributed by atoms with E-state index in [1.165, 1.54) is 6.20 Å². The first kappa shape index (κ1) is 11.5. The van der Waals surface area contributed by atoms with E-state index in [1.807, 2.05) is 13.8 Å². The summed E-state index contributed by atoms with van der Waals surface area (Å²) in [5.74, 6) is 5.03. The third-order valence-corrected chi connectivity index (χ3v) is 2.15. The molecular weight excluding hydrogens is 192 g/mol. The number of nitrogen functional groups attached to an aromatic ring is 1. The molecule has 4 N–H and O–H groups in total. The summed E-state index contributed by atoms with van der Waals surface area (Å²) < 4.78 is 0. The molecule has 0 aromatic carbocycles. The molecule has 0 saturated heterocycles. The lowest BCUT2D eigenvalue weighted by molar-refractivity contribution is 0.0934. The Kier molecular flexibility index (Phi) is 4.05. The number of nitrogens with zero attached hydrogens (tertiary/aromatic N) is 1. The molecule has 0 fully saturated rings. The van der Waals surface area contributed by atoms with Crippen LogP contribution in [0.3, 0.4) is 0 Å². The number of hydrazine groups is 1. The topological polar surface area (TPSA) is 80.0 Å². The van der Waals surface area contributed by atoms with E-state index < -0.39 is 0 Å². The number of carbonyl (C=O) groups excluding carboxylic acids is 1. The molecule has 15 heavy (non-hydrogen) atoms. The van der Waals surface area contributed by atoms with Crippen molar-refractivity contribution in [2.24, 2.45) is 5.84 Å². The Morgan fingerprint density at radius 3 is 2.80 bits per heavy atom. The minimum atomic E-state index is -0.159. The quantitative estimate of drug-likeness (QED) is 0.507. The van der Waals surface area contributed by atoms with Gasteiger partial charge in [-0.15, -0.1) is 0 Å². The van der Waals surface area contributed by atoms with E-state index in [0.29, 0.717) is 11.4 Å². The Morgan fingerprint density at radius 1 is 1.60 bits per heavy atom. The number of nitrogens with two attached hydrogens (primary N) is 1. The summed E-state index contributed by atoms with van der Waals surface area (Å²) in [6, 6.07) is 3.50. The van der Waals surface area contributed by atoms with Gasteiger partial charge in [-0.2, -0.15) is 0 Å². The highest BCUT2D eigenvalue weighted by atomic mass is 16.1. The summed E-state index contributed by atoms with van der Waals surface area (Å²) in [6.07, 6.45) is 2.42. The van der Waals surface area contributed by atoms with E-state index >= 15 is 0 Å². The Hall–Kier alpha value is -1.62. The van der Waals surface area contributed by atoms with E-state index in [2.05, 4.69) is 15.7 Å². The second-order valence-electron chi connectivity index (χ2n) is 3.36. The molecule has 5 heteroatoms. The molecule has 0 aliphatic heterocycles. The monoisotopic (exact) mass is 208 g/mol. The maximum atomic E-state index is 11.6. The highest BCUT2D eigenvalue weighted by molar-refractivity contribution is 5.92. The zero-order valence-electron chi connectivity index (χ0n) is 8.95. The van der Waals surface area contributed by atoms with E-state index in [1.54, 1.807) is 12.1 Å². The maximum Gasteiger partial charge on any atom is 0.270 e. The molecule has 5 nitrogen and oxygen atoms in total. The van der Waals surface area contributed by atoms with Gasteiger partial charge in [0, 0.05) is 6.04 Å². The number of nitrogens with one attached hydrogen (secondary N) is 2. The van der Waals surface area contributed by atoms with Crippen molar-refractivity contribution >= 4 is 11.6 Å². The van der Waals surface area contributed by atoms with Crippen LogP contribution < -0.4 is 16.6 Å². The molecule has 1 heterocycles. The van der Waals surface area contributed by atoms with Crippen LogP contribution in [-0.4, -0.2) is 16.9 Å². The second-order valence-corrected chi connectivity index (χ2v) is 3.36. The van der Waals surface area contributed by atoms with Crippen molar-refractivity contribution in [1.82, 2.24) is 10.3 Å². The number of pyridine rings is 1. The minimum absolute atomic E-state index is 0.159. The molecule has 1 unspecified atom stereocenters. The molecule has 1 rings (SSSR count). The van der Waals surface area contributed by atoms with E-state index in [-0.39, 0.29) is 11.9 Å². The van der Waals surface area contributed by atoms with E-state index in [0.717, 1.165) is 6.42 Å². The summed E-state index contributed by atoms with van der Waals surface area (Å²) in [6.45, 7) is 3.97. The Labute approximate surface area is 89.0 Å². The first-order valence-electron chi connectivity index (χ1n) is 4.91. The summed E-state index contributed by atoms with van der Waals surface area (Å²) in [7, 11) is 0. The summed E-state index contributed by atoms with van der Waals surface area (Å²) >= 11 is 0. The van der Waals surface area contributed by atoms with Crippen LogP contribution in [0.1, 0.15) is 30.8 Å². The summed E-state index contributed by atoms with van der Waals surface area (Å²) in [4.78, 5) is 15.6. The van der Waals surface area contributed by atoms with Crippen LogP contribution in [0, 0.1) is 0 Å². The molecule has 0 saturated carbocycles. The standard InChI is InChI=1S/C10H16N4O/c1-3-7(2)13-10(15)9-5-4-8(14-11)6-12-9/h4-7,14H,3,11H2,1-2H3,(H,13,15). The highest BCUT2D eigenvalue weighted by Crippen LogP contribution is 2.04. The second kappa shape index (κ2) is 5.31. The van der Waals surface area contributed by atoms with Crippen LogP contribution in [-0.2, 0) is 0 Å². The number of anilines is 1. The van der Waals surface area contributed by atoms with Gasteiger partial charge >= 0.3 is 0 Å². The predicted octanol–water partition coefficient (Wildman–Crippen LogP) is 0.895. The van der Waals surface area contributed by atoms with Crippen LogP contribution in [0.5, 0.6) is 0 Å². The number of hydrogen-bond donors (Lipinski definition) is 3. The van der Waals surface area contributed by atoms with Gasteiger partial charge in [0.1, 0.15) is 5.69 Å². The van der Waals surface area contributed by atoms with Crippen LogP contribution in [0.15, 0.2) is 18.3 Å². The summed E-state index contributed by atoms with van der Waals surface area (Å²) in [5.41, 5.74) is 3.52. The number of aromatic nitrogens is 1. The van der Waals surface area contributed by atoms with Crippen molar-refractivity contribution in [2.75, 3.05) is 5.43 Å². The molecule has 0 bridgehead atoms. The van der Waals surface area contributed by atoms with Crippen molar-refractivity contribution < 1.29 is 4.79 Å². The van der Waals surface area contributed by atoms with Gasteiger partial charge in [-0.25, -0.2) is 4.98 Å². The molecule has 0 radical (unpaired) electrons. The minimum Gasteiger partial charge on any atom is -0.348 e. The zero-order chi connectivity index (χ0) is 11.3. The third kappa shape index (κ3) is 3.21. The lowest BCUT2D eigenvalue weighted by atomic mass is 10.2. The van der Waals surface area contributed by atoms with Crippen molar-refractivity contribution in [3.63, 3.8) is 0 Å². The SMILES string of the molecule is CCC(C)NC(=O)c1ccc(NN)cn1. The molecule has 1 aromatic rings. The van der Waals surface area contributed by atoms with Gasteiger partial charge in [0.2, 0.25) is 0 Å². The van der Waals surface area contributed by atoms with Crippen LogP contribution in [0.25, 0.3) is 0 Å². The van der Waals surface area contributed by atoms with Gasteiger partial charge in [0.15, 0.2) is 0 Å². The average molecular weight is 208 g/mol. The fourth-order valence-electron chi connectivity index (χ4n) is 1.01. The highest BCUT2D eigenvalue weighted by Gasteiger charge is 2.09. The van der Waals surface area contributed by atoms with Gasteiger partial charge in [-0.3, -0.25) is 10.6 Å². The zero-order valence-corrected chi connectivity index (χ0v) is 8.95. The van der Waals surface area contributed by atoms with Crippen molar-refractivity contribution in [1.29, 1.82) is 0 Å². The maximum absolute atomic E-state index is 11.6. The molecule has 1 atom stereocenters. The van der Waals surface area contributed by atoms with Gasteiger partial charge in [-0.1, -0.05) is 6.92 Å². The molecule has 0 aliphatic rings. The Balaban J connectivity index is 2.66. The number of hydrogen-bond acceptors (Lipinski definition) is 4. The molecule has 0 aliphatic carbocycles. The molecule has 1 amide bonds. The smallest absolute Gasteiger partial charge is 0.270 e. The first-order valence-corrected chi connectivity index (χ1v) is 4.91. The van der Waals surface area contributed by atoms with Gasteiger partial charge in [0.25, 0.3) is 5.91 Å². The van der Waals surface area contributed by atoms with Crippen molar-refractivity contribution in [3.8, 4) is 0 Å². The Bertz CT molecular complexity index is 323. The molecule has 82 valence electrons. The summed E-state index contributed by atoms with van der Waals surface area (Å²) in [5, 5.41) is 2.83. The predicted molar refractivity (Wildman–Crippen MR) is 59.3 cm³/mol. The van der Waals surface area contributed by atoms with E-state index in [4.69, 9.17) is 5.84 Å². The fraction of sp³-hybridized carbons (Fsp3) is 0.400.